The molecule has 0 radical (unpaired) electrons. The molecule has 0 atom stereocenters. The van der Waals surface area contributed by atoms with Crippen LogP contribution in [0.25, 0.3) is 5.78 Å². The molecule has 4 aromatic rings. The Morgan fingerprint density at radius 1 is 1.13 bits per heavy atom. The zero-order chi connectivity index (χ0) is 21.8. The molecule has 0 saturated heterocycles. The lowest BCUT2D eigenvalue weighted by Crippen LogP contribution is -2.28. The number of hydrogen-bond donors (Lipinski definition) is 2. The van der Waals surface area contributed by atoms with E-state index in [2.05, 4.69) is 32.6 Å². The molecule has 0 aliphatic rings. The summed E-state index contributed by atoms with van der Waals surface area (Å²) >= 11 is 1.58. The zero-order valence-electron chi connectivity index (χ0n) is 17.1. The number of halogens is 1. The van der Waals surface area contributed by atoms with E-state index in [1.807, 2.05) is 31.2 Å². The maximum absolute atomic E-state index is 13.0. The molecule has 0 unspecified atom stereocenters. The van der Waals surface area contributed by atoms with Crippen LogP contribution in [0.2, 0.25) is 0 Å². The number of carbonyl (C=O) groups excluding carboxylic acids is 1. The number of urea groups is 1. The van der Waals surface area contributed by atoms with Crippen molar-refractivity contribution in [1.29, 1.82) is 0 Å². The minimum Gasteiger partial charge on any atom is -0.334 e. The first-order chi connectivity index (χ1) is 15.0. The number of amides is 2. The number of carbonyl (C=O) groups is 1. The van der Waals surface area contributed by atoms with E-state index in [1.54, 1.807) is 28.4 Å². The Kier molecular flexibility index (Phi) is 6.13. The van der Waals surface area contributed by atoms with Gasteiger partial charge < -0.3 is 10.6 Å². The number of anilines is 1. The largest absolute Gasteiger partial charge is 0.334 e. The van der Waals surface area contributed by atoms with Gasteiger partial charge in [0.25, 0.3) is 5.78 Å². The molecule has 31 heavy (non-hydrogen) atoms. The maximum atomic E-state index is 13.0. The van der Waals surface area contributed by atoms with Crippen molar-refractivity contribution in [3.05, 3.63) is 77.5 Å². The topological polar surface area (TPSA) is 84.2 Å². The van der Waals surface area contributed by atoms with E-state index < -0.39 is 0 Å². The molecule has 4 rings (SSSR count). The van der Waals surface area contributed by atoms with Gasteiger partial charge in [0, 0.05) is 28.4 Å². The van der Waals surface area contributed by atoms with Gasteiger partial charge in [0.1, 0.15) is 17.2 Å². The van der Waals surface area contributed by atoms with Gasteiger partial charge in [-0.3, -0.25) is 0 Å². The van der Waals surface area contributed by atoms with Gasteiger partial charge >= 0.3 is 6.03 Å². The van der Waals surface area contributed by atoms with Crippen molar-refractivity contribution in [3.8, 4) is 0 Å². The van der Waals surface area contributed by atoms with Crippen molar-refractivity contribution < 1.29 is 9.18 Å². The highest BCUT2D eigenvalue weighted by Crippen LogP contribution is 2.32. The maximum Gasteiger partial charge on any atom is 0.319 e. The molecule has 0 spiro atoms. The van der Waals surface area contributed by atoms with E-state index in [4.69, 9.17) is 0 Å². The second-order valence-electron chi connectivity index (χ2n) is 6.87. The summed E-state index contributed by atoms with van der Waals surface area (Å²) in [5.74, 6) is 0.275. The van der Waals surface area contributed by atoms with Gasteiger partial charge in [-0.1, -0.05) is 30.8 Å². The van der Waals surface area contributed by atoms with Crippen LogP contribution in [0.4, 0.5) is 14.9 Å². The second kappa shape index (κ2) is 9.13. The predicted octanol–water partition coefficient (Wildman–Crippen LogP) is 4.61. The van der Waals surface area contributed by atoms with Crippen molar-refractivity contribution in [3.63, 3.8) is 0 Å². The number of benzene rings is 2. The number of fused-ring (bicyclic) bond motifs is 1. The molecule has 9 heteroatoms. The zero-order valence-corrected chi connectivity index (χ0v) is 17.9. The van der Waals surface area contributed by atoms with Crippen LogP contribution in [0.5, 0.6) is 0 Å². The van der Waals surface area contributed by atoms with Crippen LogP contribution >= 0.6 is 11.8 Å². The van der Waals surface area contributed by atoms with Gasteiger partial charge in [-0.05, 0) is 55.3 Å². The fraction of sp³-hybridized carbons (Fsp3) is 0.182. The molecule has 0 bridgehead atoms. The van der Waals surface area contributed by atoms with Gasteiger partial charge in [-0.2, -0.15) is 14.6 Å². The van der Waals surface area contributed by atoms with Crippen molar-refractivity contribution in [2.75, 3.05) is 5.32 Å². The molecule has 0 aliphatic carbocycles. The van der Waals surface area contributed by atoms with Gasteiger partial charge in [0.05, 0.1) is 0 Å². The second-order valence-corrected chi connectivity index (χ2v) is 7.93. The van der Waals surface area contributed by atoms with E-state index >= 15 is 0 Å². The highest BCUT2D eigenvalue weighted by molar-refractivity contribution is 7.99. The quantitative estimate of drug-likeness (QED) is 0.431. The van der Waals surface area contributed by atoms with Crippen LogP contribution < -0.4 is 10.6 Å². The van der Waals surface area contributed by atoms with E-state index in [0.29, 0.717) is 18.0 Å². The average molecular weight is 437 g/mol. The van der Waals surface area contributed by atoms with Crippen molar-refractivity contribution in [2.24, 2.45) is 0 Å². The molecular formula is C22H21FN6OS. The number of aromatic nitrogens is 4. The Hall–Kier alpha value is -3.46. The van der Waals surface area contributed by atoms with Crippen LogP contribution in [0, 0.1) is 12.7 Å². The van der Waals surface area contributed by atoms with Gasteiger partial charge in [-0.15, -0.1) is 0 Å². The summed E-state index contributed by atoms with van der Waals surface area (Å²) in [5, 5.41) is 10.9. The molecule has 7 nitrogen and oxygen atoms in total. The molecule has 158 valence electrons. The number of nitrogens with zero attached hydrogens (tertiary/aromatic N) is 4. The molecule has 2 aromatic heterocycles. The molecule has 2 N–H and O–H groups in total. The number of hydrogen-bond acceptors (Lipinski definition) is 5. The smallest absolute Gasteiger partial charge is 0.319 e. The van der Waals surface area contributed by atoms with Gasteiger partial charge in [0.2, 0.25) is 0 Å². The standard InChI is InChI=1S/C22H21FN6OS/c1-3-19-14(2)27-21-25-13-26-29(21)20(19)31-18-10-8-17(9-11-18)28-22(30)24-12-15-4-6-16(23)7-5-15/h4-11,13H,3,12H2,1-2H3,(H2,24,28,30). The van der Waals surface area contributed by atoms with Crippen molar-refractivity contribution >= 4 is 29.3 Å². The SMILES string of the molecule is CCc1c(C)nc2ncnn2c1Sc1ccc(NC(=O)NCc2ccc(F)cc2)cc1. The van der Waals surface area contributed by atoms with E-state index in [0.717, 1.165) is 33.2 Å². The fourth-order valence-corrected chi connectivity index (χ4v) is 4.27. The van der Waals surface area contributed by atoms with Crippen LogP contribution in [0.15, 0.2) is 64.8 Å². The van der Waals surface area contributed by atoms with E-state index in [-0.39, 0.29) is 11.8 Å². The Morgan fingerprint density at radius 2 is 1.87 bits per heavy atom. The van der Waals surface area contributed by atoms with E-state index in [1.165, 1.54) is 18.5 Å². The van der Waals surface area contributed by atoms with Crippen molar-refractivity contribution in [1.82, 2.24) is 24.9 Å². The minimum atomic E-state index is -0.327. The molecule has 2 aromatic carbocycles. The summed E-state index contributed by atoms with van der Waals surface area (Å²) in [6.45, 7) is 4.39. The van der Waals surface area contributed by atoms with E-state index in [9.17, 15) is 9.18 Å². The predicted molar refractivity (Wildman–Crippen MR) is 118 cm³/mol. The minimum absolute atomic E-state index is 0.302. The normalized spacial score (nSPS) is 10.9. The number of rotatable bonds is 6. The molecule has 0 aliphatic heterocycles. The Bertz CT molecular complexity index is 1210. The Balaban J connectivity index is 1.42. The summed E-state index contributed by atoms with van der Waals surface area (Å²) in [5.41, 5.74) is 3.57. The Labute approximate surface area is 183 Å². The van der Waals surface area contributed by atoms with Gasteiger partial charge in [-0.25, -0.2) is 14.2 Å². The lowest BCUT2D eigenvalue weighted by molar-refractivity contribution is 0.251. The van der Waals surface area contributed by atoms with Crippen LogP contribution in [-0.2, 0) is 13.0 Å². The highest BCUT2D eigenvalue weighted by atomic mass is 32.2. The first-order valence-corrected chi connectivity index (χ1v) is 10.6. The van der Waals surface area contributed by atoms with Crippen LogP contribution in [0.3, 0.4) is 0 Å². The first kappa shape index (κ1) is 20.8. The lowest BCUT2D eigenvalue weighted by atomic mass is 10.2. The number of nitrogens with one attached hydrogen (secondary N) is 2. The molecule has 0 saturated carbocycles. The fourth-order valence-electron chi connectivity index (χ4n) is 3.14. The highest BCUT2D eigenvalue weighted by Gasteiger charge is 2.14. The molecule has 2 amide bonds. The van der Waals surface area contributed by atoms with Crippen LogP contribution in [-0.4, -0.2) is 25.6 Å². The third-order valence-corrected chi connectivity index (χ3v) is 5.85. The summed E-state index contributed by atoms with van der Waals surface area (Å²) < 4.78 is 14.7. The Morgan fingerprint density at radius 3 is 2.58 bits per heavy atom. The summed E-state index contributed by atoms with van der Waals surface area (Å²) in [6, 6.07) is 13.3. The third-order valence-electron chi connectivity index (χ3n) is 4.73. The molecular weight excluding hydrogens is 415 g/mol. The van der Waals surface area contributed by atoms with Crippen LogP contribution in [0.1, 0.15) is 23.7 Å². The third kappa shape index (κ3) is 4.83. The first-order valence-electron chi connectivity index (χ1n) is 9.80. The monoisotopic (exact) mass is 436 g/mol. The average Bonchev–Trinajstić information content (AvgIpc) is 3.23. The van der Waals surface area contributed by atoms with Gasteiger partial charge in [0.15, 0.2) is 0 Å². The van der Waals surface area contributed by atoms with Crippen molar-refractivity contribution in [2.45, 2.75) is 36.7 Å². The summed E-state index contributed by atoms with van der Waals surface area (Å²) in [7, 11) is 0. The number of aryl methyl sites for hydroxylation is 1. The summed E-state index contributed by atoms with van der Waals surface area (Å²) in [4.78, 5) is 21.9. The molecule has 2 heterocycles. The summed E-state index contributed by atoms with van der Waals surface area (Å²) in [6.07, 6.45) is 2.34. The molecule has 0 fully saturated rings. The lowest BCUT2D eigenvalue weighted by Gasteiger charge is -2.12.